The number of rotatable bonds is 3. The summed E-state index contributed by atoms with van der Waals surface area (Å²) >= 11 is 0. The Labute approximate surface area is 187 Å². The van der Waals surface area contributed by atoms with Crippen molar-refractivity contribution in [2.24, 2.45) is 0 Å². The molecule has 0 radical (unpaired) electrons. The van der Waals surface area contributed by atoms with Crippen molar-refractivity contribution >= 4 is 22.1 Å². The highest BCUT2D eigenvalue weighted by atomic mass is 15.2. The second-order valence-corrected chi connectivity index (χ2v) is 8.47. The summed E-state index contributed by atoms with van der Waals surface area (Å²) in [6, 6.07) is 21.7. The maximum absolute atomic E-state index is 4.77. The number of pyridine rings is 2. The number of aryl methyl sites for hydroxylation is 1. The third-order valence-corrected chi connectivity index (χ3v) is 6.37. The van der Waals surface area contributed by atoms with Crippen LogP contribution in [0.5, 0.6) is 0 Å². The molecular formula is C27H25N5. The molecule has 0 atom stereocenters. The summed E-state index contributed by atoms with van der Waals surface area (Å²) in [7, 11) is 0. The van der Waals surface area contributed by atoms with E-state index in [-0.39, 0.29) is 0 Å². The van der Waals surface area contributed by atoms with Crippen molar-refractivity contribution in [3.05, 3.63) is 84.9 Å². The summed E-state index contributed by atoms with van der Waals surface area (Å²) in [6.45, 7) is 6.32. The Morgan fingerprint density at radius 1 is 0.844 bits per heavy atom. The highest BCUT2D eigenvalue weighted by molar-refractivity contribution is 5.97. The molecular weight excluding hydrogens is 394 g/mol. The molecule has 32 heavy (non-hydrogen) atoms. The molecule has 0 saturated carbocycles. The van der Waals surface area contributed by atoms with Gasteiger partial charge in [0.25, 0.3) is 0 Å². The summed E-state index contributed by atoms with van der Waals surface area (Å²) in [4.78, 5) is 11.8. The molecule has 1 saturated heterocycles. The van der Waals surface area contributed by atoms with Crippen molar-refractivity contribution in [1.82, 2.24) is 19.7 Å². The van der Waals surface area contributed by atoms with Crippen molar-refractivity contribution in [1.29, 1.82) is 0 Å². The third-order valence-electron chi connectivity index (χ3n) is 6.37. The molecule has 3 aromatic heterocycles. The van der Waals surface area contributed by atoms with Gasteiger partial charge in [-0.25, -0.2) is 4.98 Å². The molecule has 6 rings (SSSR count). The van der Waals surface area contributed by atoms with Crippen LogP contribution in [0.15, 0.2) is 79.4 Å². The number of fused-ring (bicyclic) bond motifs is 2. The van der Waals surface area contributed by atoms with Gasteiger partial charge < -0.3 is 14.6 Å². The fraction of sp³-hybridized carbons (Fsp3) is 0.185. The topological polar surface area (TPSA) is 45.5 Å². The van der Waals surface area contributed by atoms with Gasteiger partial charge >= 0.3 is 0 Å². The van der Waals surface area contributed by atoms with E-state index in [1.165, 1.54) is 22.4 Å². The van der Waals surface area contributed by atoms with Gasteiger partial charge in [0, 0.05) is 55.2 Å². The first-order chi connectivity index (χ1) is 15.8. The van der Waals surface area contributed by atoms with Gasteiger partial charge in [0.1, 0.15) is 0 Å². The zero-order chi connectivity index (χ0) is 21.5. The van der Waals surface area contributed by atoms with Crippen molar-refractivity contribution in [3.63, 3.8) is 0 Å². The smallest absolute Gasteiger partial charge is 0.1000 e. The number of hydrogen-bond acceptors (Lipinski definition) is 4. The molecule has 1 fully saturated rings. The second kappa shape index (κ2) is 7.77. The molecule has 0 spiro atoms. The van der Waals surface area contributed by atoms with Crippen LogP contribution in [0, 0.1) is 6.92 Å². The van der Waals surface area contributed by atoms with E-state index >= 15 is 0 Å². The lowest BCUT2D eigenvalue weighted by Crippen LogP contribution is -2.43. The van der Waals surface area contributed by atoms with Crippen LogP contribution < -0.4 is 10.2 Å². The first kappa shape index (κ1) is 19.0. The van der Waals surface area contributed by atoms with Crippen molar-refractivity contribution in [2.45, 2.75) is 6.92 Å². The zero-order valence-electron chi connectivity index (χ0n) is 18.1. The number of piperazine rings is 1. The van der Waals surface area contributed by atoms with Crippen LogP contribution >= 0.6 is 0 Å². The maximum Gasteiger partial charge on any atom is 0.1000 e. The highest BCUT2D eigenvalue weighted by Gasteiger charge is 2.13. The van der Waals surface area contributed by atoms with E-state index in [1.54, 1.807) is 0 Å². The summed E-state index contributed by atoms with van der Waals surface area (Å²) in [5, 5.41) is 4.54. The molecule has 0 unspecified atom stereocenters. The van der Waals surface area contributed by atoms with Crippen molar-refractivity contribution < 1.29 is 0 Å². The molecule has 158 valence electrons. The van der Waals surface area contributed by atoms with E-state index in [4.69, 9.17) is 4.98 Å². The van der Waals surface area contributed by atoms with Gasteiger partial charge in [-0.2, -0.15) is 0 Å². The van der Waals surface area contributed by atoms with E-state index in [2.05, 4.69) is 93.4 Å². The average Bonchev–Trinajstić information content (AvgIpc) is 3.27. The zero-order valence-corrected chi connectivity index (χ0v) is 18.1. The van der Waals surface area contributed by atoms with Gasteiger partial charge in [0.2, 0.25) is 0 Å². The maximum atomic E-state index is 4.77. The van der Waals surface area contributed by atoms with Crippen LogP contribution in [0.2, 0.25) is 0 Å². The molecule has 0 amide bonds. The SMILES string of the molecule is Cc1ccc2c(-c3ncn4cc(-c5ccc(N6CCNCC6)cc5)ccc34)ccnc2c1. The fourth-order valence-electron chi connectivity index (χ4n) is 4.63. The van der Waals surface area contributed by atoms with Gasteiger partial charge in [0.05, 0.1) is 23.1 Å². The molecule has 1 aliphatic heterocycles. The molecule has 1 aliphatic rings. The quantitative estimate of drug-likeness (QED) is 0.450. The van der Waals surface area contributed by atoms with E-state index in [1.807, 2.05) is 12.5 Å². The predicted octanol–water partition coefficient (Wildman–Crippen LogP) is 4.93. The van der Waals surface area contributed by atoms with Crippen LogP contribution in [0.1, 0.15) is 5.56 Å². The summed E-state index contributed by atoms with van der Waals surface area (Å²) < 4.78 is 2.12. The first-order valence-electron chi connectivity index (χ1n) is 11.1. The van der Waals surface area contributed by atoms with Gasteiger partial charge in [0.15, 0.2) is 0 Å². The number of hydrogen-bond donors (Lipinski definition) is 1. The number of nitrogens with one attached hydrogen (secondary N) is 1. The number of anilines is 1. The van der Waals surface area contributed by atoms with Crippen molar-refractivity contribution in [2.75, 3.05) is 31.1 Å². The van der Waals surface area contributed by atoms with Crippen LogP contribution in [-0.4, -0.2) is 40.5 Å². The molecule has 0 bridgehead atoms. The molecule has 5 heteroatoms. The molecule has 5 aromatic rings. The third kappa shape index (κ3) is 3.31. The highest BCUT2D eigenvalue weighted by Crippen LogP contribution is 2.31. The van der Waals surface area contributed by atoms with E-state index < -0.39 is 0 Å². The Morgan fingerprint density at radius 3 is 2.50 bits per heavy atom. The Morgan fingerprint density at radius 2 is 1.66 bits per heavy atom. The van der Waals surface area contributed by atoms with E-state index in [9.17, 15) is 0 Å². The van der Waals surface area contributed by atoms with E-state index in [0.29, 0.717) is 0 Å². The lowest BCUT2D eigenvalue weighted by Gasteiger charge is -2.29. The van der Waals surface area contributed by atoms with Gasteiger partial charge in [-0.1, -0.05) is 30.3 Å². The number of nitrogens with zero attached hydrogens (tertiary/aromatic N) is 4. The van der Waals surface area contributed by atoms with Crippen LogP contribution in [0.3, 0.4) is 0 Å². The van der Waals surface area contributed by atoms with Crippen molar-refractivity contribution in [3.8, 4) is 22.4 Å². The molecule has 5 nitrogen and oxygen atoms in total. The fourth-order valence-corrected chi connectivity index (χ4v) is 4.63. The second-order valence-electron chi connectivity index (χ2n) is 8.47. The number of benzene rings is 2. The van der Waals surface area contributed by atoms with Gasteiger partial charge in [-0.05, 0) is 53.9 Å². The monoisotopic (exact) mass is 419 g/mol. The normalized spacial score (nSPS) is 14.3. The molecule has 1 N–H and O–H groups in total. The summed E-state index contributed by atoms with van der Waals surface area (Å²) in [6.07, 6.45) is 5.94. The Bertz CT molecular complexity index is 1410. The number of aromatic nitrogens is 3. The van der Waals surface area contributed by atoms with Crippen LogP contribution in [0.4, 0.5) is 5.69 Å². The minimum absolute atomic E-state index is 0.988. The molecule has 2 aromatic carbocycles. The minimum atomic E-state index is 0.988. The number of imidazole rings is 1. The average molecular weight is 420 g/mol. The Kier molecular flexibility index (Phi) is 4.62. The lowest BCUT2D eigenvalue weighted by molar-refractivity contribution is 0.589. The van der Waals surface area contributed by atoms with Gasteiger partial charge in [-0.3, -0.25) is 4.98 Å². The summed E-state index contributed by atoms with van der Waals surface area (Å²) in [5.41, 5.74) is 9.11. The van der Waals surface area contributed by atoms with E-state index in [0.717, 1.165) is 53.9 Å². The standard InChI is InChI=1S/C27H25N5/c1-19-2-8-23-24(10-11-29-25(23)16-19)27-26-9-5-21(17-32(26)18-30-27)20-3-6-22(7-4-20)31-14-12-28-13-15-31/h2-11,16-18,28H,12-15H2,1H3. The summed E-state index contributed by atoms with van der Waals surface area (Å²) in [5.74, 6) is 0. The lowest BCUT2D eigenvalue weighted by atomic mass is 10.0. The minimum Gasteiger partial charge on any atom is -0.369 e. The van der Waals surface area contributed by atoms with Crippen LogP contribution in [-0.2, 0) is 0 Å². The largest absolute Gasteiger partial charge is 0.369 e. The molecule has 4 heterocycles. The van der Waals surface area contributed by atoms with Gasteiger partial charge in [-0.15, -0.1) is 0 Å². The first-order valence-corrected chi connectivity index (χ1v) is 11.1. The molecule has 0 aliphatic carbocycles. The predicted molar refractivity (Wildman–Crippen MR) is 131 cm³/mol. The van der Waals surface area contributed by atoms with Crippen LogP contribution in [0.25, 0.3) is 38.8 Å². The Balaban J connectivity index is 1.36. The Hall–Kier alpha value is -3.70.